The van der Waals surface area contributed by atoms with Gasteiger partial charge in [-0.3, -0.25) is 19.7 Å². The summed E-state index contributed by atoms with van der Waals surface area (Å²) in [6.45, 7) is 5.28. The molecule has 1 heterocycles. The molecule has 0 saturated carbocycles. The number of rotatable bonds is 4. The van der Waals surface area contributed by atoms with E-state index in [1.165, 1.54) is 4.90 Å². The van der Waals surface area contributed by atoms with Crippen LogP contribution in [0.3, 0.4) is 0 Å². The van der Waals surface area contributed by atoms with E-state index in [1.54, 1.807) is 13.8 Å². The second-order valence-electron chi connectivity index (χ2n) is 4.94. The lowest BCUT2D eigenvalue weighted by atomic mass is 9.94. The minimum atomic E-state index is -1.03. The van der Waals surface area contributed by atoms with Crippen molar-refractivity contribution in [2.45, 2.75) is 51.6 Å². The Bertz CT molecular complexity index is 366. The standard InChI is InChI=1S/C12H21N3O3/c1-4-6-12(3,13)11(18)15-7-9(16)14-10(17)8(15)5-2/h8H,4-7,13H2,1-3H3,(H,14,16,17). The number of hydrogen-bond donors (Lipinski definition) is 2. The van der Waals surface area contributed by atoms with Gasteiger partial charge in [-0.15, -0.1) is 0 Å². The van der Waals surface area contributed by atoms with E-state index in [0.29, 0.717) is 12.8 Å². The Morgan fingerprint density at radius 2 is 2.11 bits per heavy atom. The third kappa shape index (κ3) is 2.87. The Morgan fingerprint density at radius 1 is 1.50 bits per heavy atom. The first-order valence-corrected chi connectivity index (χ1v) is 6.27. The Morgan fingerprint density at radius 3 is 2.61 bits per heavy atom. The van der Waals surface area contributed by atoms with Gasteiger partial charge < -0.3 is 10.6 Å². The van der Waals surface area contributed by atoms with E-state index >= 15 is 0 Å². The van der Waals surface area contributed by atoms with Gasteiger partial charge in [-0.1, -0.05) is 20.3 Å². The van der Waals surface area contributed by atoms with E-state index in [4.69, 9.17) is 5.73 Å². The minimum Gasteiger partial charge on any atom is -0.320 e. The molecule has 0 bridgehead atoms. The maximum absolute atomic E-state index is 12.3. The predicted molar refractivity (Wildman–Crippen MR) is 66.4 cm³/mol. The maximum Gasteiger partial charge on any atom is 0.249 e. The van der Waals surface area contributed by atoms with Crippen LogP contribution in [0.25, 0.3) is 0 Å². The van der Waals surface area contributed by atoms with Gasteiger partial charge in [0.05, 0.1) is 5.54 Å². The van der Waals surface area contributed by atoms with Crippen molar-refractivity contribution in [3.05, 3.63) is 0 Å². The summed E-state index contributed by atoms with van der Waals surface area (Å²) in [5.41, 5.74) is 4.95. The molecule has 0 spiro atoms. The van der Waals surface area contributed by atoms with Crippen molar-refractivity contribution < 1.29 is 14.4 Å². The van der Waals surface area contributed by atoms with Crippen LogP contribution in [0.5, 0.6) is 0 Å². The number of hydrogen-bond acceptors (Lipinski definition) is 4. The van der Waals surface area contributed by atoms with Gasteiger partial charge in [0.2, 0.25) is 17.7 Å². The third-order valence-electron chi connectivity index (χ3n) is 3.16. The zero-order chi connectivity index (χ0) is 13.9. The number of nitrogens with zero attached hydrogens (tertiary/aromatic N) is 1. The largest absolute Gasteiger partial charge is 0.320 e. The number of nitrogens with one attached hydrogen (secondary N) is 1. The molecule has 2 atom stereocenters. The summed E-state index contributed by atoms with van der Waals surface area (Å²) >= 11 is 0. The van der Waals surface area contributed by atoms with Crippen LogP contribution in [0, 0.1) is 0 Å². The summed E-state index contributed by atoms with van der Waals surface area (Å²) in [6.07, 6.45) is 1.76. The van der Waals surface area contributed by atoms with Crippen molar-refractivity contribution in [1.29, 1.82) is 0 Å². The summed E-state index contributed by atoms with van der Waals surface area (Å²) in [7, 11) is 0. The van der Waals surface area contributed by atoms with Crippen molar-refractivity contribution >= 4 is 17.7 Å². The molecule has 1 fully saturated rings. The lowest BCUT2D eigenvalue weighted by Crippen LogP contribution is -2.64. The molecule has 6 nitrogen and oxygen atoms in total. The molecule has 1 saturated heterocycles. The first-order valence-electron chi connectivity index (χ1n) is 6.27. The maximum atomic E-state index is 12.3. The smallest absolute Gasteiger partial charge is 0.249 e. The molecular formula is C12H21N3O3. The number of carbonyl (C=O) groups excluding carboxylic acids is 3. The topological polar surface area (TPSA) is 92.5 Å². The van der Waals surface area contributed by atoms with Crippen LogP contribution in [0.2, 0.25) is 0 Å². The number of nitrogens with two attached hydrogens (primary N) is 1. The second-order valence-corrected chi connectivity index (χ2v) is 4.94. The van der Waals surface area contributed by atoms with E-state index in [1.807, 2.05) is 6.92 Å². The van der Waals surface area contributed by atoms with Crippen molar-refractivity contribution in [1.82, 2.24) is 10.2 Å². The van der Waals surface area contributed by atoms with E-state index in [2.05, 4.69) is 5.32 Å². The van der Waals surface area contributed by atoms with Gasteiger partial charge in [-0.2, -0.15) is 0 Å². The average molecular weight is 255 g/mol. The van der Waals surface area contributed by atoms with Crippen molar-refractivity contribution in [2.75, 3.05) is 6.54 Å². The lowest BCUT2D eigenvalue weighted by molar-refractivity contribution is -0.152. The summed E-state index contributed by atoms with van der Waals surface area (Å²) in [5.74, 6) is -1.21. The molecule has 0 aromatic carbocycles. The van der Waals surface area contributed by atoms with Crippen LogP contribution < -0.4 is 11.1 Å². The molecular weight excluding hydrogens is 234 g/mol. The second kappa shape index (κ2) is 5.48. The number of amides is 3. The van der Waals surface area contributed by atoms with Crippen molar-refractivity contribution in [3.63, 3.8) is 0 Å². The highest BCUT2D eigenvalue weighted by Crippen LogP contribution is 2.18. The fourth-order valence-corrected chi connectivity index (χ4v) is 2.24. The summed E-state index contributed by atoms with van der Waals surface area (Å²) in [5, 5.41) is 2.24. The minimum absolute atomic E-state index is 0.0976. The number of imide groups is 1. The van der Waals surface area contributed by atoms with Crippen LogP contribution in [0.4, 0.5) is 0 Å². The molecule has 0 aliphatic carbocycles. The fourth-order valence-electron chi connectivity index (χ4n) is 2.24. The molecule has 102 valence electrons. The van der Waals surface area contributed by atoms with Crippen molar-refractivity contribution in [2.24, 2.45) is 5.73 Å². The van der Waals surface area contributed by atoms with E-state index < -0.39 is 23.4 Å². The van der Waals surface area contributed by atoms with Gasteiger partial charge in [-0.25, -0.2) is 0 Å². The highest BCUT2D eigenvalue weighted by molar-refractivity contribution is 6.05. The summed E-state index contributed by atoms with van der Waals surface area (Å²) in [6, 6.07) is -0.602. The Labute approximate surface area is 107 Å². The molecule has 0 radical (unpaired) electrons. The summed E-state index contributed by atoms with van der Waals surface area (Å²) < 4.78 is 0. The van der Waals surface area contributed by atoms with Crippen LogP contribution in [-0.2, 0) is 14.4 Å². The van der Waals surface area contributed by atoms with Crippen LogP contribution in [0.15, 0.2) is 0 Å². The zero-order valence-electron chi connectivity index (χ0n) is 11.2. The molecule has 6 heteroatoms. The Kier molecular flexibility index (Phi) is 4.45. The number of carbonyl (C=O) groups is 3. The van der Waals surface area contributed by atoms with Gasteiger partial charge in [0.1, 0.15) is 12.6 Å². The third-order valence-corrected chi connectivity index (χ3v) is 3.16. The quantitative estimate of drug-likeness (QED) is 0.678. The first kappa shape index (κ1) is 14.6. The molecule has 18 heavy (non-hydrogen) atoms. The molecule has 1 aliphatic heterocycles. The molecule has 2 unspecified atom stereocenters. The first-order chi connectivity index (χ1) is 8.33. The lowest BCUT2D eigenvalue weighted by Gasteiger charge is -2.38. The van der Waals surface area contributed by atoms with Gasteiger partial charge in [0.15, 0.2) is 0 Å². The van der Waals surface area contributed by atoms with E-state index in [0.717, 1.165) is 6.42 Å². The van der Waals surface area contributed by atoms with Gasteiger partial charge in [0, 0.05) is 0 Å². The average Bonchev–Trinajstić information content (AvgIpc) is 2.27. The van der Waals surface area contributed by atoms with Crippen molar-refractivity contribution in [3.8, 4) is 0 Å². The Hall–Kier alpha value is -1.43. The van der Waals surface area contributed by atoms with E-state index in [9.17, 15) is 14.4 Å². The fraction of sp³-hybridized carbons (Fsp3) is 0.750. The monoisotopic (exact) mass is 255 g/mol. The van der Waals surface area contributed by atoms with Gasteiger partial charge in [0.25, 0.3) is 0 Å². The van der Waals surface area contributed by atoms with Crippen LogP contribution in [0.1, 0.15) is 40.0 Å². The van der Waals surface area contributed by atoms with Crippen LogP contribution in [-0.4, -0.2) is 40.7 Å². The molecule has 3 N–H and O–H groups in total. The molecule has 1 aliphatic rings. The highest BCUT2D eigenvalue weighted by Gasteiger charge is 2.41. The zero-order valence-corrected chi connectivity index (χ0v) is 11.2. The van der Waals surface area contributed by atoms with E-state index in [-0.39, 0.29) is 12.5 Å². The Balaban J connectivity index is 2.93. The normalized spacial score (nSPS) is 23.6. The van der Waals surface area contributed by atoms with Gasteiger partial charge in [-0.05, 0) is 19.8 Å². The van der Waals surface area contributed by atoms with Gasteiger partial charge >= 0.3 is 0 Å². The molecule has 0 aromatic rings. The highest BCUT2D eigenvalue weighted by atomic mass is 16.2. The van der Waals surface area contributed by atoms with Crippen LogP contribution >= 0.6 is 0 Å². The molecule has 3 amide bonds. The number of piperazine rings is 1. The molecule has 0 aromatic heterocycles. The molecule has 1 rings (SSSR count). The predicted octanol–water partition coefficient (Wildman–Crippen LogP) is -0.232. The summed E-state index contributed by atoms with van der Waals surface area (Å²) in [4.78, 5) is 36.7. The SMILES string of the molecule is CCCC(C)(N)C(=O)N1CC(=O)NC(=O)C1CC.